The van der Waals surface area contributed by atoms with E-state index in [1.807, 2.05) is 0 Å². The van der Waals surface area contributed by atoms with Crippen molar-refractivity contribution in [1.82, 2.24) is 4.90 Å². The van der Waals surface area contributed by atoms with Gasteiger partial charge in [0.2, 0.25) is 11.8 Å². The Kier molecular flexibility index (Phi) is 5.76. The molecule has 1 heterocycles. The Morgan fingerprint density at radius 2 is 1.92 bits per heavy atom. The van der Waals surface area contributed by atoms with Gasteiger partial charge in [0.25, 0.3) is 0 Å². The summed E-state index contributed by atoms with van der Waals surface area (Å²) in [6.45, 7) is 2.86. The summed E-state index contributed by atoms with van der Waals surface area (Å²) in [6.07, 6.45) is 0.354. The molecule has 9 heteroatoms. The average molecular weight is 374 g/mol. The second-order valence-corrected chi connectivity index (χ2v) is 8.17. The molecule has 1 saturated heterocycles. The molecule has 2 rings (SSSR count). The first-order valence-electron chi connectivity index (χ1n) is 7.87. The number of halogens is 2. The molecule has 1 atom stereocenters. The van der Waals surface area contributed by atoms with Gasteiger partial charge in [-0.3, -0.25) is 9.59 Å². The predicted octanol–water partition coefficient (Wildman–Crippen LogP) is 1.35. The summed E-state index contributed by atoms with van der Waals surface area (Å²) >= 11 is 0. The number of hydrogen-bond acceptors (Lipinski definition) is 4. The molecule has 1 aromatic carbocycles. The Morgan fingerprint density at radius 3 is 2.40 bits per heavy atom. The molecule has 0 radical (unpaired) electrons. The van der Waals surface area contributed by atoms with Crippen LogP contribution in [0.25, 0.3) is 0 Å². The predicted molar refractivity (Wildman–Crippen MR) is 88.8 cm³/mol. The van der Waals surface area contributed by atoms with Crippen molar-refractivity contribution in [3.8, 4) is 0 Å². The first-order chi connectivity index (χ1) is 11.6. The maximum absolute atomic E-state index is 13.4. The lowest BCUT2D eigenvalue weighted by atomic mass is 10.2. The van der Waals surface area contributed by atoms with Gasteiger partial charge in [0.05, 0.1) is 11.5 Å². The number of carbonyl (C=O) groups is 2. The summed E-state index contributed by atoms with van der Waals surface area (Å²) in [4.78, 5) is 26.9. The summed E-state index contributed by atoms with van der Waals surface area (Å²) < 4.78 is 49.7. The number of nitrogens with zero attached hydrogens (tertiary/aromatic N) is 2. The molecule has 0 aromatic heterocycles. The van der Waals surface area contributed by atoms with Crippen LogP contribution in [-0.2, 0) is 19.4 Å². The second kappa shape index (κ2) is 7.47. The minimum absolute atomic E-state index is 0.0288. The minimum atomic E-state index is -3.16. The molecule has 1 fully saturated rings. The van der Waals surface area contributed by atoms with E-state index in [9.17, 15) is 26.8 Å². The van der Waals surface area contributed by atoms with E-state index < -0.39 is 39.3 Å². The van der Waals surface area contributed by atoms with Gasteiger partial charge in [-0.25, -0.2) is 17.2 Å². The van der Waals surface area contributed by atoms with Gasteiger partial charge < -0.3 is 9.80 Å². The van der Waals surface area contributed by atoms with Crippen LogP contribution in [0.4, 0.5) is 14.5 Å². The maximum atomic E-state index is 13.4. The zero-order chi connectivity index (χ0) is 18.8. The van der Waals surface area contributed by atoms with Gasteiger partial charge >= 0.3 is 0 Å². The number of benzene rings is 1. The minimum Gasteiger partial charge on any atom is -0.337 e. The van der Waals surface area contributed by atoms with Crippen LogP contribution in [0.15, 0.2) is 18.2 Å². The van der Waals surface area contributed by atoms with Crippen molar-refractivity contribution in [2.24, 2.45) is 0 Å². The molecule has 25 heavy (non-hydrogen) atoms. The summed E-state index contributed by atoms with van der Waals surface area (Å²) in [5, 5.41) is 0. The van der Waals surface area contributed by atoms with Crippen molar-refractivity contribution in [2.75, 3.05) is 29.5 Å². The van der Waals surface area contributed by atoms with Crippen LogP contribution in [-0.4, -0.2) is 55.8 Å². The zero-order valence-corrected chi connectivity index (χ0v) is 14.9. The molecule has 0 aliphatic carbocycles. The highest BCUT2D eigenvalue weighted by atomic mass is 32.2. The van der Waals surface area contributed by atoms with Crippen LogP contribution in [0.3, 0.4) is 0 Å². The summed E-state index contributed by atoms with van der Waals surface area (Å²) in [6, 6.07) is 2.51. The van der Waals surface area contributed by atoms with E-state index in [-0.39, 0.29) is 23.7 Å². The van der Waals surface area contributed by atoms with E-state index >= 15 is 0 Å². The molecule has 0 spiro atoms. The molecule has 1 unspecified atom stereocenters. The fraction of sp³-hybridized carbons (Fsp3) is 0.500. The number of rotatable bonds is 5. The topological polar surface area (TPSA) is 74.8 Å². The van der Waals surface area contributed by atoms with Gasteiger partial charge in [0.1, 0.15) is 6.54 Å². The second-order valence-electron chi connectivity index (χ2n) is 5.94. The van der Waals surface area contributed by atoms with Gasteiger partial charge in [-0.1, -0.05) is 0 Å². The van der Waals surface area contributed by atoms with Crippen LogP contribution in [0.5, 0.6) is 0 Å². The smallest absolute Gasteiger partial charge is 0.242 e. The molecule has 0 saturated carbocycles. The lowest BCUT2D eigenvalue weighted by molar-refractivity contribution is -0.132. The number of anilines is 1. The van der Waals surface area contributed by atoms with Crippen molar-refractivity contribution in [3.63, 3.8) is 0 Å². The van der Waals surface area contributed by atoms with Crippen molar-refractivity contribution in [2.45, 2.75) is 26.3 Å². The third-order valence-corrected chi connectivity index (χ3v) is 5.95. The van der Waals surface area contributed by atoms with Gasteiger partial charge in [-0.2, -0.15) is 0 Å². The van der Waals surface area contributed by atoms with Crippen molar-refractivity contribution >= 4 is 27.3 Å². The number of sulfone groups is 1. The summed E-state index contributed by atoms with van der Waals surface area (Å²) in [7, 11) is -3.16. The molecule has 6 nitrogen and oxygen atoms in total. The van der Waals surface area contributed by atoms with Crippen LogP contribution in [0.1, 0.15) is 20.3 Å². The van der Waals surface area contributed by atoms with Crippen molar-refractivity contribution < 1.29 is 26.8 Å². The van der Waals surface area contributed by atoms with Crippen LogP contribution < -0.4 is 4.90 Å². The Labute approximate surface area is 145 Å². The number of amides is 2. The number of hydrogen-bond donors (Lipinski definition) is 0. The van der Waals surface area contributed by atoms with Crippen molar-refractivity contribution in [1.29, 1.82) is 0 Å². The number of likely N-dealkylation sites (N-methyl/N-ethyl adjacent to an activating group) is 1. The van der Waals surface area contributed by atoms with E-state index in [0.717, 1.165) is 17.0 Å². The average Bonchev–Trinajstić information content (AvgIpc) is 2.88. The van der Waals surface area contributed by atoms with E-state index in [1.54, 1.807) is 6.92 Å². The summed E-state index contributed by atoms with van der Waals surface area (Å²) in [5.41, 5.74) is 0.0647. The highest BCUT2D eigenvalue weighted by Crippen LogP contribution is 2.21. The molecule has 1 aromatic rings. The standard InChI is InChI=1S/C16H20F2N2O4S/c1-3-19(13-6-7-25(23,24)10-13)16(22)9-20(11(2)21)12-4-5-14(17)15(18)8-12/h4-5,8,13H,3,6-7,9-10H2,1-2H3. The SMILES string of the molecule is CCN(C(=O)CN(C(C)=O)c1ccc(F)c(F)c1)C1CCS(=O)(=O)C1. The highest BCUT2D eigenvalue weighted by Gasteiger charge is 2.34. The van der Waals surface area contributed by atoms with Crippen LogP contribution in [0.2, 0.25) is 0 Å². The monoisotopic (exact) mass is 374 g/mol. The van der Waals surface area contributed by atoms with E-state index in [1.165, 1.54) is 17.9 Å². The Hall–Kier alpha value is -2.03. The van der Waals surface area contributed by atoms with Crippen molar-refractivity contribution in [3.05, 3.63) is 29.8 Å². The fourth-order valence-corrected chi connectivity index (χ4v) is 4.65. The lowest BCUT2D eigenvalue weighted by Crippen LogP contribution is -2.47. The molecule has 138 valence electrons. The third kappa shape index (κ3) is 4.53. The fourth-order valence-electron chi connectivity index (χ4n) is 2.92. The number of carbonyl (C=O) groups excluding carboxylic acids is 2. The first-order valence-corrected chi connectivity index (χ1v) is 9.69. The third-order valence-electron chi connectivity index (χ3n) is 4.20. The molecule has 1 aliphatic heterocycles. The normalized spacial score (nSPS) is 18.8. The molecule has 1 aliphatic rings. The summed E-state index contributed by atoms with van der Waals surface area (Å²) in [5.74, 6) is -3.19. The van der Waals surface area contributed by atoms with Gasteiger partial charge in [-0.05, 0) is 25.5 Å². The quantitative estimate of drug-likeness (QED) is 0.780. The van der Waals surface area contributed by atoms with Crippen LogP contribution >= 0.6 is 0 Å². The van der Waals surface area contributed by atoms with Gasteiger partial charge in [0, 0.05) is 31.3 Å². The van der Waals surface area contributed by atoms with E-state index in [0.29, 0.717) is 13.0 Å². The Balaban J connectivity index is 2.19. The molecule has 2 amide bonds. The molecular weight excluding hydrogens is 354 g/mol. The Morgan fingerprint density at radius 1 is 1.24 bits per heavy atom. The Bertz CT molecular complexity index is 782. The molecule has 0 bridgehead atoms. The molecule has 0 N–H and O–H groups in total. The highest BCUT2D eigenvalue weighted by molar-refractivity contribution is 7.91. The van der Waals surface area contributed by atoms with Crippen LogP contribution in [0, 0.1) is 11.6 Å². The maximum Gasteiger partial charge on any atom is 0.242 e. The molecular formula is C16H20F2N2O4S. The lowest BCUT2D eigenvalue weighted by Gasteiger charge is -2.30. The zero-order valence-electron chi connectivity index (χ0n) is 14.0. The van der Waals surface area contributed by atoms with Gasteiger partial charge in [-0.15, -0.1) is 0 Å². The van der Waals surface area contributed by atoms with Gasteiger partial charge in [0.15, 0.2) is 21.5 Å². The largest absolute Gasteiger partial charge is 0.337 e. The first kappa shape index (κ1) is 19.3. The van der Waals surface area contributed by atoms with E-state index in [4.69, 9.17) is 0 Å². The van der Waals surface area contributed by atoms with E-state index in [2.05, 4.69) is 0 Å².